The summed E-state index contributed by atoms with van der Waals surface area (Å²) in [6.07, 6.45) is 5.37. The van der Waals surface area contributed by atoms with E-state index in [1.807, 2.05) is 0 Å². The largest absolute Gasteiger partial charge is 0.295 e. The van der Waals surface area contributed by atoms with Gasteiger partial charge in [0.25, 0.3) is 0 Å². The molecule has 0 spiro atoms. The number of pyridine rings is 1. The Morgan fingerprint density at radius 2 is 2.10 bits per heavy atom. The van der Waals surface area contributed by atoms with Crippen molar-refractivity contribution in [2.75, 3.05) is 11.9 Å². The van der Waals surface area contributed by atoms with Crippen LogP contribution >= 0.6 is 15.9 Å². The molecule has 3 heteroatoms. The van der Waals surface area contributed by atoms with Crippen LogP contribution in [0.2, 0.25) is 0 Å². The molecule has 1 aliphatic heterocycles. The van der Waals surface area contributed by atoms with Gasteiger partial charge in [-0.1, -0.05) is 47.0 Å². The van der Waals surface area contributed by atoms with Crippen molar-refractivity contribution in [1.82, 2.24) is 9.88 Å². The lowest BCUT2D eigenvalue weighted by Gasteiger charge is -2.29. The van der Waals surface area contributed by atoms with Crippen molar-refractivity contribution >= 4 is 26.8 Å². The molecule has 2 heterocycles. The minimum Gasteiger partial charge on any atom is -0.295 e. The Labute approximate surface area is 135 Å². The summed E-state index contributed by atoms with van der Waals surface area (Å²) in [5.74, 6) is 0. The van der Waals surface area contributed by atoms with Gasteiger partial charge in [-0.2, -0.15) is 0 Å². The maximum absolute atomic E-state index is 4.66. The first-order chi connectivity index (χ1) is 10.3. The molecule has 1 fully saturated rings. The molecule has 1 aliphatic rings. The zero-order chi connectivity index (χ0) is 14.7. The van der Waals surface area contributed by atoms with Crippen LogP contribution in [-0.2, 0) is 6.54 Å². The third-order valence-corrected chi connectivity index (χ3v) is 5.23. The fraction of sp³-hybridized carbons (Fsp3) is 0.500. The molecular weight excluding hydrogens is 324 g/mol. The van der Waals surface area contributed by atoms with E-state index in [1.165, 1.54) is 43.2 Å². The summed E-state index contributed by atoms with van der Waals surface area (Å²) in [5, 5.41) is 2.38. The molecule has 0 N–H and O–H groups in total. The van der Waals surface area contributed by atoms with Gasteiger partial charge in [-0.05, 0) is 44.0 Å². The SMILES string of the molecule is Cc1cc(CN2CCCCCC2CBr)c2ccccc2n1. The van der Waals surface area contributed by atoms with E-state index >= 15 is 0 Å². The summed E-state index contributed by atoms with van der Waals surface area (Å²) in [5.41, 5.74) is 3.66. The van der Waals surface area contributed by atoms with E-state index in [0.717, 1.165) is 23.1 Å². The smallest absolute Gasteiger partial charge is 0.0708 e. The molecule has 1 aromatic carbocycles. The van der Waals surface area contributed by atoms with Crippen LogP contribution in [0.5, 0.6) is 0 Å². The monoisotopic (exact) mass is 346 g/mol. The van der Waals surface area contributed by atoms with Crippen LogP contribution in [0.3, 0.4) is 0 Å². The second-order valence-electron chi connectivity index (χ2n) is 6.07. The Morgan fingerprint density at radius 1 is 1.24 bits per heavy atom. The van der Waals surface area contributed by atoms with Gasteiger partial charge in [0.05, 0.1) is 5.52 Å². The van der Waals surface area contributed by atoms with Gasteiger partial charge in [-0.25, -0.2) is 0 Å². The zero-order valence-corrected chi connectivity index (χ0v) is 14.3. The normalized spacial score (nSPS) is 20.6. The van der Waals surface area contributed by atoms with E-state index in [2.05, 4.69) is 63.1 Å². The summed E-state index contributed by atoms with van der Waals surface area (Å²) < 4.78 is 0. The molecule has 1 unspecified atom stereocenters. The number of hydrogen-bond donors (Lipinski definition) is 0. The quantitative estimate of drug-likeness (QED) is 0.750. The second-order valence-corrected chi connectivity index (χ2v) is 6.72. The summed E-state index contributed by atoms with van der Waals surface area (Å²) in [7, 11) is 0. The van der Waals surface area contributed by atoms with Crippen LogP contribution < -0.4 is 0 Å². The Kier molecular flexibility index (Phi) is 4.91. The first-order valence-electron chi connectivity index (χ1n) is 7.93. The predicted molar refractivity (Wildman–Crippen MR) is 92.9 cm³/mol. The number of aromatic nitrogens is 1. The Morgan fingerprint density at radius 3 is 2.95 bits per heavy atom. The number of rotatable bonds is 3. The predicted octanol–water partition coefficient (Wildman–Crippen LogP) is 4.68. The molecule has 0 saturated carbocycles. The minimum absolute atomic E-state index is 0.666. The first kappa shape index (κ1) is 15.0. The van der Waals surface area contributed by atoms with Gasteiger partial charge in [-0.3, -0.25) is 9.88 Å². The van der Waals surface area contributed by atoms with Crippen LogP contribution in [-0.4, -0.2) is 27.8 Å². The van der Waals surface area contributed by atoms with Gasteiger partial charge in [0.15, 0.2) is 0 Å². The Bertz CT molecular complexity index is 611. The van der Waals surface area contributed by atoms with Crippen molar-refractivity contribution in [3.05, 3.63) is 41.6 Å². The lowest BCUT2D eigenvalue weighted by Crippen LogP contribution is -2.35. The Hall–Kier alpha value is -0.930. The standard InChI is InChI=1S/C18H23BrN2/c1-14-11-15(17-8-4-5-9-18(17)20-14)13-21-10-6-2-3-7-16(21)12-19/h4-5,8-9,11,16H,2-3,6-7,10,12-13H2,1H3. The minimum atomic E-state index is 0.666. The highest BCUT2D eigenvalue weighted by molar-refractivity contribution is 9.09. The summed E-state index contributed by atoms with van der Waals surface area (Å²) in [4.78, 5) is 7.32. The molecule has 21 heavy (non-hydrogen) atoms. The highest BCUT2D eigenvalue weighted by atomic mass is 79.9. The van der Waals surface area contributed by atoms with Crippen LogP contribution in [0.4, 0.5) is 0 Å². The van der Waals surface area contributed by atoms with Crippen molar-refractivity contribution in [2.24, 2.45) is 0 Å². The molecule has 0 amide bonds. The topological polar surface area (TPSA) is 16.1 Å². The third kappa shape index (κ3) is 3.46. The van der Waals surface area contributed by atoms with E-state index in [4.69, 9.17) is 0 Å². The molecule has 1 saturated heterocycles. The highest BCUT2D eigenvalue weighted by Crippen LogP contribution is 2.24. The number of halogens is 1. The summed E-state index contributed by atoms with van der Waals surface area (Å²) in [6.45, 7) is 4.35. The molecule has 0 radical (unpaired) electrons. The maximum Gasteiger partial charge on any atom is 0.0708 e. The molecule has 2 nitrogen and oxygen atoms in total. The molecule has 1 atom stereocenters. The number of alkyl halides is 1. The average Bonchev–Trinajstić information content (AvgIpc) is 2.72. The van der Waals surface area contributed by atoms with E-state index < -0.39 is 0 Å². The third-order valence-electron chi connectivity index (χ3n) is 4.48. The van der Waals surface area contributed by atoms with Gasteiger partial charge in [0.2, 0.25) is 0 Å². The Balaban J connectivity index is 1.92. The van der Waals surface area contributed by atoms with Crippen LogP contribution in [0.25, 0.3) is 10.9 Å². The number of fused-ring (bicyclic) bond motifs is 1. The number of nitrogens with zero attached hydrogens (tertiary/aromatic N) is 2. The van der Waals surface area contributed by atoms with E-state index in [1.54, 1.807) is 0 Å². The number of likely N-dealkylation sites (tertiary alicyclic amines) is 1. The van der Waals surface area contributed by atoms with Crippen LogP contribution in [0, 0.1) is 6.92 Å². The number of benzene rings is 1. The van der Waals surface area contributed by atoms with Crippen LogP contribution in [0.1, 0.15) is 36.9 Å². The maximum atomic E-state index is 4.66. The number of aryl methyl sites for hydroxylation is 1. The van der Waals surface area contributed by atoms with Crippen molar-refractivity contribution in [2.45, 2.75) is 45.2 Å². The van der Waals surface area contributed by atoms with Crippen molar-refractivity contribution in [3.8, 4) is 0 Å². The first-order valence-corrected chi connectivity index (χ1v) is 9.05. The van der Waals surface area contributed by atoms with Crippen molar-refractivity contribution in [3.63, 3.8) is 0 Å². The lowest BCUT2D eigenvalue weighted by atomic mass is 10.1. The van der Waals surface area contributed by atoms with Gasteiger partial charge < -0.3 is 0 Å². The van der Waals surface area contributed by atoms with Gasteiger partial charge >= 0.3 is 0 Å². The van der Waals surface area contributed by atoms with E-state index in [0.29, 0.717) is 6.04 Å². The molecule has 0 aliphatic carbocycles. The second kappa shape index (κ2) is 6.89. The lowest BCUT2D eigenvalue weighted by molar-refractivity contribution is 0.210. The van der Waals surface area contributed by atoms with Gasteiger partial charge in [-0.15, -0.1) is 0 Å². The van der Waals surface area contributed by atoms with Crippen molar-refractivity contribution in [1.29, 1.82) is 0 Å². The average molecular weight is 347 g/mol. The molecule has 2 aromatic rings. The molecule has 1 aromatic heterocycles. The van der Waals surface area contributed by atoms with Crippen LogP contribution in [0.15, 0.2) is 30.3 Å². The zero-order valence-electron chi connectivity index (χ0n) is 12.7. The van der Waals surface area contributed by atoms with Gasteiger partial charge in [0.1, 0.15) is 0 Å². The summed E-state index contributed by atoms with van der Waals surface area (Å²) >= 11 is 3.71. The molecule has 0 bridgehead atoms. The number of para-hydroxylation sites is 1. The fourth-order valence-electron chi connectivity index (χ4n) is 3.36. The summed E-state index contributed by atoms with van der Waals surface area (Å²) in [6, 6.07) is 11.4. The van der Waals surface area contributed by atoms with Crippen molar-refractivity contribution < 1.29 is 0 Å². The molecular formula is C18H23BrN2. The number of hydrogen-bond acceptors (Lipinski definition) is 2. The molecule has 3 rings (SSSR count). The van der Waals surface area contributed by atoms with E-state index in [9.17, 15) is 0 Å². The highest BCUT2D eigenvalue weighted by Gasteiger charge is 2.20. The fourth-order valence-corrected chi connectivity index (χ4v) is 4.10. The van der Waals surface area contributed by atoms with Gasteiger partial charge in [0, 0.05) is 29.0 Å². The van der Waals surface area contributed by atoms with E-state index in [-0.39, 0.29) is 0 Å². The molecule has 112 valence electrons.